The van der Waals surface area contributed by atoms with Gasteiger partial charge in [-0.3, -0.25) is 4.79 Å². The third-order valence-corrected chi connectivity index (χ3v) is 4.18. The number of hydrogen-bond acceptors (Lipinski definition) is 3. The van der Waals surface area contributed by atoms with Crippen LogP contribution in [-0.2, 0) is 4.79 Å². The van der Waals surface area contributed by atoms with Gasteiger partial charge in [-0.05, 0) is 42.1 Å². The number of carbonyl (C=O) groups excluding carboxylic acids is 1. The van der Waals surface area contributed by atoms with Crippen molar-refractivity contribution in [3.05, 3.63) is 69.6 Å². The fourth-order valence-electron chi connectivity index (χ4n) is 1.89. The number of carbonyl (C=O) groups is 1. The number of amidine groups is 1. The molecule has 3 nitrogen and oxygen atoms in total. The molecule has 2 aromatic carbocycles. The van der Waals surface area contributed by atoms with Crippen molar-refractivity contribution in [2.45, 2.75) is 0 Å². The van der Waals surface area contributed by atoms with Crippen LogP contribution in [0.4, 0.5) is 14.5 Å². The van der Waals surface area contributed by atoms with Crippen LogP contribution < -0.4 is 5.32 Å². The van der Waals surface area contributed by atoms with Gasteiger partial charge in [0.2, 0.25) is 0 Å². The normalized spacial score (nSPS) is 17.8. The molecule has 1 N–H and O–H groups in total. The average Bonchev–Trinajstić information content (AvgIpc) is 2.85. The van der Waals surface area contributed by atoms with E-state index in [0.717, 1.165) is 11.8 Å². The van der Waals surface area contributed by atoms with Gasteiger partial charge < -0.3 is 5.32 Å². The molecular formula is C16H9ClF2N2OS. The molecule has 1 aliphatic heterocycles. The predicted octanol–water partition coefficient (Wildman–Crippen LogP) is 4.51. The van der Waals surface area contributed by atoms with Gasteiger partial charge in [0.05, 0.1) is 15.6 Å². The molecular weight excluding hydrogens is 342 g/mol. The number of benzene rings is 2. The summed E-state index contributed by atoms with van der Waals surface area (Å²) in [6, 6.07) is 10.1. The largest absolute Gasteiger partial charge is 0.300 e. The van der Waals surface area contributed by atoms with Crippen molar-refractivity contribution < 1.29 is 13.6 Å². The van der Waals surface area contributed by atoms with Crippen LogP contribution in [0.1, 0.15) is 5.56 Å². The van der Waals surface area contributed by atoms with Gasteiger partial charge in [0, 0.05) is 5.56 Å². The highest BCUT2D eigenvalue weighted by Crippen LogP contribution is 2.29. The quantitative estimate of drug-likeness (QED) is 0.810. The van der Waals surface area contributed by atoms with Crippen LogP contribution in [0.2, 0.25) is 5.02 Å². The van der Waals surface area contributed by atoms with Gasteiger partial charge in [0.1, 0.15) is 11.6 Å². The van der Waals surface area contributed by atoms with Crippen molar-refractivity contribution in [3.63, 3.8) is 0 Å². The summed E-state index contributed by atoms with van der Waals surface area (Å²) in [5.41, 5.74) is 0.725. The second kappa shape index (κ2) is 6.52. The summed E-state index contributed by atoms with van der Waals surface area (Å²) < 4.78 is 26.7. The van der Waals surface area contributed by atoms with Crippen molar-refractivity contribution in [1.82, 2.24) is 5.32 Å². The van der Waals surface area contributed by atoms with Gasteiger partial charge in [-0.25, -0.2) is 13.8 Å². The van der Waals surface area contributed by atoms with Crippen LogP contribution in [0.5, 0.6) is 0 Å². The minimum absolute atomic E-state index is 0.0525. The Balaban J connectivity index is 1.86. The Morgan fingerprint density at radius 1 is 1.13 bits per heavy atom. The van der Waals surface area contributed by atoms with E-state index in [-0.39, 0.29) is 10.9 Å². The van der Waals surface area contributed by atoms with Crippen molar-refractivity contribution in [1.29, 1.82) is 0 Å². The monoisotopic (exact) mass is 350 g/mol. The molecule has 2 aromatic rings. The molecule has 1 heterocycles. The Bertz CT molecular complexity index is 852. The highest BCUT2D eigenvalue weighted by molar-refractivity contribution is 8.18. The summed E-state index contributed by atoms with van der Waals surface area (Å²) in [5.74, 6) is -1.33. The Labute approximate surface area is 140 Å². The van der Waals surface area contributed by atoms with E-state index in [9.17, 15) is 13.6 Å². The number of amides is 1. The molecule has 0 spiro atoms. The molecule has 1 saturated heterocycles. The number of rotatable bonds is 2. The zero-order valence-corrected chi connectivity index (χ0v) is 13.1. The van der Waals surface area contributed by atoms with Crippen LogP contribution >= 0.6 is 23.4 Å². The molecule has 3 rings (SSSR count). The van der Waals surface area contributed by atoms with Gasteiger partial charge in [-0.2, -0.15) is 0 Å². The van der Waals surface area contributed by atoms with Crippen LogP contribution in [0.25, 0.3) is 6.08 Å². The van der Waals surface area contributed by atoms with Crippen molar-refractivity contribution in [2.24, 2.45) is 4.99 Å². The smallest absolute Gasteiger partial charge is 0.264 e. The first-order valence-electron chi connectivity index (χ1n) is 6.52. The lowest BCUT2D eigenvalue weighted by molar-refractivity contribution is -0.115. The van der Waals surface area contributed by atoms with E-state index in [1.54, 1.807) is 18.2 Å². The van der Waals surface area contributed by atoms with Gasteiger partial charge in [0.15, 0.2) is 5.17 Å². The van der Waals surface area contributed by atoms with E-state index < -0.39 is 11.6 Å². The van der Waals surface area contributed by atoms with Crippen LogP contribution in [0.15, 0.2) is 52.4 Å². The Morgan fingerprint density at radius 2 is 1.91 bits per heavy atom. The van der Waals surface area contributed by atoms with Gasteiger partial charge in [-0.1, -0.05) is 29.8 Å². The number of aliphatic imine (C=N–C) groups is 1. The lowest BCUT2D eigenvalue weighted by Gasteiger charge is -1.98. The first kappa shape index (κ1) is 15.7. The second-order valence-electron chi connectivity index (χ2n) is 4.60. The fourth-order valence-corrected chi connectivity index (χ4v) is 2.89. The Kier molecular flexibility index (Phi) is 4.45. The number of nitrogens with one attached hydrogen (secondary N) is 1. The number of nitrogens with zero attached hydrogens (tertiary/aromatic N) is 1. The SMILES string of the molecule is O=C1NC(=Nc2ccc(F)c(Cl)c2)S/C1=C\c1ccccc1F. The molecule has 0 radical (unpaired) electrons. The molecule has 0 bridgehead atoms. The summed E-state index contributed by atoms with van der Waals surface area (Å²) in [7, 11) is 0. The summed E-state index contributed by atoms with van der Waals surface area (Å²) in [6.07, 6.45) is 1.45. The molecule has 23 heavy (non-hydrogen) atoms. The zero-order valence-electron chi connectivity index (χ0n) is 11.5. The van der Waals surface area contributed by atoms with Crippen LogP contribution in [-0.4, -0.2) is 11.1 Å². The summed E-state index contributed by atoms with van der Waals surface area (Å²) >= 11 is 6.76. The molecule has 116 valence electrons. The first-order chi connectivity index (χ1) is 11.0. The predicted molar refractivity (Wildman–Crippen MR) is 88.6 cm³/mol. The minimum Gasteiger partial charge on any atom is -0.300 e. The maximum Gasteiger partial charge on any atom is 0.264 e. The van der Waals surface area contributed by atoms with Crippen LogP contribution in [0, 0.1) is 11.6 Å². The fraction of sp³-hybridized carbons (Fsp3) is 0. The molecule has 1 aliphatic rings. The third kappa shape index (κ3) is 3.60. The number of hydrogen-bond donors (Lipinski definition) is 1. The molecule has 1 amide bonds. The lowest BCUT2D eigenvalue weighted by atomic mass is 10.2. The van der Waals surface area contributed by atoms with E-state index >= 15 is 0 Å². The Hall–Kier alpha value is -2.18. The second-order valence-corrected chi connectivity index (χ2v) is 6.04. The molecule has 0 aromatic heterocycles. The lowest BCUT2D eigenvalue weighted by Crippen LogP contribution is -2.19. The highest BCUT2D eigenvalue weighted by atomic mass is 35.5. The number of halogens is 3. The van der Waals surface area contributed by atoms with E-state index in [4.69, 9.17) is 11.6 Å². The summed E-state index contributed by atoms with van der Waals surface area (Å²) in [5, 5.41) is 2.84. The zero-order chi connectivity index (χ0) is 16.4. The molecule has 0 saturated carbocycles. The van der Waals surface area contributed by atoms with Gasteiger partial charge >= 0.3 is 0 Å². The molecule has 0 unspecified atom stereocenters. The average molecular weight is 351 g/mol. The summed E-state index contributed by atoms with van der Waals surface area (Å²) in [4.78, 5) is 16.4. The topological polar surface area (TPSA) is 41.5 Å². The Morgan fingerprint density at radius 3 is 2.65 bits per heavy atom. The maximum absolute atomic E-state index is 13.6. The van der Waals surface area contributed by atoms with Crippen molar-refractivity contribution in [2.75, 3.05) is 0 Å². The maximum atomic E-state index is 13.6. The van der Waals surface area contributed by atoms with E-state index in [1.165, 1.54) is 30.3 Å². The molecule has 0 atom stereocenters. The van der Waals surface area contributed by atoms with Crippen LogP contribution in [0.3, 0.4) is 0 Å². The third-order valence-electron chi connectivity index (χ3n) is 2.98. The number of thioether (sulfide) groups is 1. The highest BCUT2D eigenvalue weighted by Gasteiger charge is 2.24. The minimum atomic E-state index is -0.543. The van der Waals surface area contributed by atoms with E-state index in [2.05, 4.69) is 10.3 Å². The van der Waals surface area contributed by atoms with Crippen molar-refractivity contribution >= 4 is 46.2 Å². The molecule has 7 heteroatoms. The van der Waals surface area contributed by atoms with E-state index in [1.807, 2.05) is 0 Å². The summed E-state index contributed by atoms with van der Waals surface area (Å²) in [6.45, 7) is 0. The van der Waals surface area contributed by atoms with Crippen molar-refractivity contribution in [3.8, 4) is 0 Å². The van der Waals surface area contributed by atoms with Gasteiger partial charge in [-0.15, -0.1) is 0 Å². The van der Waals surface area contributed by atoms with E-state index in [0.29, 0.717) is 21.3 Å². The molecule has 0 aliphatic carbocycles. The molecule has 1 fully saturated rings. The van der Waals surface area contributed by atoms with Gasteiger partial charge in [0.25, 0.3) is 5.91 Å². The standard InChI is InChI=1S/C16H9ClF2N2OS/c17-11-8-10(5-6-13(11)19)20-16-21-15(22)14(23-16)7-9-3-1-2-4-12(9)18/h1-8H,(H,20,21,22)/b14-7-. The first-order valence-corrected chi connectivity index (χ1v) is 7.71.